The van der Waals surface area contributed by atoms with E-state index in [0.717, 1.165) is 14.6 Å². The fourth-order valence-electron chi connectivity index (χ4n) is 1.82. The average molecular weight is 376 g/mol. The Balaban J connectivity index is 2.46. The molecular weight excluding hydrogens is 364 g/mol. The zero-order valence-electron chi connectivity index (χ0n) is 9.50. The summed E-state index contributed by atoms with van der Waals surface area (Å²) in [5, 5.41) is 0.635. The van der Waals surface area contributed by atoms with Crippen LogP contribution in [0.2, 0.25) is 0 Å². The van der Waals surface area contributed by atoms with Crippen molar-refractivity contribution in [3.8, 4) is 0 Å². The second kappa shape index (κ2) is 5.08. The highest BCUT2D eigenvalue weighted by atomic mass is 79.9. The van der Waals surface area contributed by atoms with E-state index in [1.54, 1.807) is 11.3 Å². The van der Waals surface area contributed by atoms with E-state index in [1.165, 1.54) is 10.4 Å². The summed E-state index contributed by atoms with van der Waals surface area (Å²) >= 11 is 8.66. The molecule has 0 aliphatic carbocycles. The predicted octanol–water partition coefficient (Wildman–Crippen LogP) is 4.71. The van der Waals surface area contributed by atoms with Crippen LogP contribution in [0.1, 0.15) is 29.0 Å². The maximum atomic E-state index is 5.75. The third-order valence-electron chi connectivity index (χ3n) is 2.67. The first kappa shape index (κ1) is 13.1. The molecule has 1 unspecified atom stereocenters. The summed E-state index contributed by atoms with van der Waals surface area (Å²) in [5.74, 6) is 0.289. The van der Waals surface area contributed by atoms with E-state index in [2.05, 4.69) is 55.9 Å². The molecule has 0 bridgehead atoms. The molecule has 0 spiro atoms. The van der Waals surface area contributed by atoms with Gasteiger partial charge in [0, 0.05) is 19.7 Å². The zero-order chi connectivity index (χ0) is 12.6. The van der Waals surface area contributed by atoms with Gasteiger partial charge in [0.05, 0.1) is 5.69 Å². The topological polar surface area (TPSA) is 38.9 Å². The normalized spacial score (nSPS) is 12.7. The molecule has 1 aromatic heterocycles. The van der Waals surface area contributed by atoms with Crippen molar-refractivity contribution in [2.75, 3.05) is 5.73 Å². The van der Waals surface area contributed by atoms with Gasteiger partial charge in [-0.25, -0.2) is 4.98 Å². The number of rotatable bonds is 2. The molecule has 0 aliphatic heterocycles. The third kappa shape index (κ3) is 2.72. The number of nitrogens with two attached hydrogens (primary N) is 1. The Morgan fingerprint density at radius 3 is 2.65 bits per heavy atom. The van der Waals surface area contributed by atoms with Crippen molar-refractivity contribution in [1.29, 1.82) is 0 Å². The van der Waals surface area contributed by atoms with Crippen molar-refractivity contribution >= 4 is 48.3 Å². The first-order chi connectivity index (χ1) is 7.99. The van der Waals surface area contributed by atoms with Crippen molar-refractivity contribution in [3.63, 3.8) is 0 Å². The van der Waals surface area contributed by atoms with Gasteiger partial charge in [0.25, 0.3) is 0 Å². The zero-order valence-corrected chi connectivity index (χ0v) is 13.5. The number of thiazole rings is 1. The van der Waals surface area contributed by atoms with Crippen LogP contribution >= 0.6 is 43.2 Å². The van der Waals surface area contributed by atoms with Crippen LogP contribution in [0.5, 0.6) is 0 Å². The first-order valence-corrected chi connectivity index (χ1v) is 7.57. The van der Waals surface area contributed by atoms with Crippen LogP contribution < -0.4 is 5.73 Å². The minimum absolute atomic E-state index is 0.289. The lowest BCUT2D eigenvalue weighted by molar-refractivity contribution is 0.919. The van der Waals surface area contributed by atoms with E-state index in [-0.39, 0.29) is 5.92 Å². The molecule has 90 valence electrons. The minimum Gasteiger partial charge on any atom is -0.375 e. The monoisotopic (exact) mass is 374 g/mol. The van der Waals surface area contributed by atoms with Crippen molar-refractivity contribution in [3.05, 3.63) is 43.3 Å². The van der Waals surface area contributed by atoms with Gasteiger partial charge in [-0.2, -0.15) is 0 Å². The lowest BCUT2D eigenvalue weighted by atomic mass is 9.99. The van der Waals surface area contributed by atoms with E-state index in [9.17, 15) is 0 Å². The standard InChI is InChI=1S/C12H12Br2N2S/c1-6(11-7(2)16-12(15)17-11)9-5-8(13)3-4-10(9)14/h3-6H,1-2H3,(H2,15,16). The molecule has 2 N–H and O–H groups in total. The molecule has 0 amide bonds. The molecule has 17 heavy (non-hydrogen) atoms. The largest absolute Gasteiger partial charge is 0.375 e. The second-order valence-corrected chi connectivity index (χ2v) is 6.72. The van der Waals surface area contributed by atoms with Crippen LogP contribution in [0.4, 0.5) is 5.13 Å². The Kier molecular flexibility index (Phi) is 3.90. The highest BCUT2D eigenvalue weighted by Crippen LogP contribution is 2.36. The highest BCUT2D eigenvalue weighted by Gasteiger charge is 2.17. The Hall–Kier alpha value is -0.390. The summed E-state index contributed by atoms with van der Waals surface area (Å²) in [6, 6.07) is 6.20. The number of aromatic nitrogens is 1. The average Bonchev–Trinajstić information content (AvgIpc) is 2.60. The molecule has 5 heteroatoms. The van der Waals surface area contributed by atoms with Crippen molar-refractivity contribution in [1.82, 2.24) is 4.98 Å². The summed E-state index contributed by atoms with van der Waals surface area (Å²) in [6.07, 6.45) is 0. The van der Waals surface area contributed by atoms with E-state index in [4.69, 9.17) is 5.73 Å². The molecule has 0 saturated carbocycles. The fourth-order valence-corrected chi connectivity index (χ4v) is 3.69. The van der Waals surface area contributed by atoms with Crippen LogP contribution in [0.3, 0.4) is 0 Å². The number of nitrogen functional groups attached to an aromatic ring is 1. The van der Waals surface area contributed by atoms with Crippen molar-refractivity contribution < 1.29 is 0 Å². The Morgan fingerprint density at radius 1 is 1.35 bits per heavy atom. The Bertz CT molecular complexity index is 551. The van der Waals surface area contributed by atoms with Gasteiger partial charge >= 0.3 is 0 Å². The predicted molar refractivity (Wildman–Crippen MR) is 80.6 cm³/mol. The van der Waals surface area contributed by atoms with E-state index < -0.39 is 0 Å². The maximum Gasteiger partial charge on any atom is 0.180 e. The van der Waals surface area contributed by atoms with Crippen LogP contribution in [0.15, 0.2) is 27.1 Å². The molecule has 1 heterocycles. The molecule has 0 fully saturated rings. The van der Waals surface area contributed by atoms with Crippen LogP contribution in [-0.2, 0) is 0 Å². The Labute approximate surface area is 122 Å². The first-order valence-electron chi connectivity index (χ1n) is 5.16. The van der Waals surface area contributed by atoms with Gasteiger partial charge in [0.2, 0.25) is 0 Å². The van der Waals surface area contributed by atoms with Gasteiger partial charge in [0.1, 0.15) is 0 Å². The van der Waals surface area contributed by atoms with E-state index in [1.807, 2.05) is 13.0 Å². The fraction of sp³-hybridized carbons (Fsp3) is 0.250. The molecule has 2 rings (SSSR count). The molecule has 1 atom stereocenters. The lowest BCUT2D eigenvalue weighted by Gasteiger charge is -2.13. The molecule has 0 radical (unpaired) electrons. The summed E-state index contributed by atoms with van der Waals surface area (Å²) in [7, 11) is 0. The number of anilines is 1. The number of nitrogens with zero attached hydrogens (tertiary/aromatic N) is 1. The summed E-state index contributed by atoms with van der Waals surface area (Å²) in [6.45, 7) is 4.18. The van der Waals surface area contributed by atoms with E-state index >= 15 is 0 Å². The van der Waals surface area contributed by atoms with Crippen molar-refractivity contribution in [2.24, 2.45) is 0 Å². The SMILES string of the molecule is Cc1nc(N)sc1C(C)c1cc(Br)ccc1Br. The molecule has 0 aliphatic rings. The van der Waals surface area contributed by atoms with Gasteiger partial charge in [-0.05, 0) is 30.7 Å². The van der Waals surface area contributed by atoms with E-state index in [0.29, 0.717) is 5.13 Å². The number of benzene rings is 1. The van der Waals surface area contributed by atoms with Gasteiger partial charge in [-0.1, -0.05) is 38.8 Å². The number of aryl methyl sites for hydroxylation is 1. The molecule has 2 aromatic rings. The van der Waals surface area contributed by atoms with Crippen LogP contribution in [0, 0.1) is 6.92 Å². The van der Waals surface area contributed by atoms with Gasteiger partial charge in [0.15, 0.2) is 5.13 Å². The Morgan fingerprint density at radius 2 is 2.06 bits per heavy atom. The summed E-state index contributed by atoms with van der Waals surface area (Å²) in [4.78, 5) is 5.50. The minimum atomic E-state index is 0.289. The highest BCUT2D eigenvalue weighted by molar-refractivity contribution is 9.11. The third-order valence-corrected chi connectivity index (χ3v) is 5.05. The summed E-state index contributed by atoms with van der Waals surface area (Å²) < 4.78 is 2.19. The van der Waals surface area contributed by atoms with Gasteiger partial charge in [-0.3, -0.25) is 0 Å². The smallest absolute Gasteiger partial charge is 0.180 e. The summed E-state index contributed by atoms with van der Waals surface area (Å²) in [5.41, 5.74) is 8.01. The van der Waals surface area contributed by atoms with Gasteiger partial charge in [-0.15, -0.1) is 11.3 Å². The number of hydrogen-bond donors (Lipinski definition) is 1. The van der Waals surface area contributed by atoms with Crippen molar-refractivity contribution in [2.45, 2.75) is 19.8 Å². The number of hydrogen-bond acceptors (Lipinski definition) is 3. The number of halogens is 2. The van der Waals surface area contributed by atoms with Crippen LogP contribution in [0.25, 0.3) is 0 Å². The molecular formula is C12H12Br2N2S. The molecule has 2 nitrogen and oxygen atoms in total. The lowest BCUT2D eigenvalue weighted by Crippen LogP contribution is -1.97. The molecule has 0 saturated heterocycles. The van der Waals surface area contributed by atoms with Gasteiger partial charge < -0.3 is 5.73 Å². The molecule has 1 aromatic carbocycles. The maximum absolute atomic E-state index is 5.75. The second-order valence-electron chi connectivity index (χ2n) is 3.89. The quantitative estimate of drug-likeness (QED) is 0.825. The van der Waals surface area contributed by atoms with Crippen LogP contribution in [-0.4, -0.2) is 4.98 Å².